The molecule has 0 atom stereocenters. The summed E-state index contributed by atoms with van der Waals surface area (Å²) >= 11 is 0. The molecule has 0 aliphatic carbocycles. The molecular weight excluding hydrogens is 808 g/mol. The Hall–Kier alpha value is -4.47. The van der Waals surface area contributed by atoms with E-state index in [4.69, 9.17) is 14.8 Å². The second-order valence-electron chi connectivity index (χ2n) is 14.9. The fourth-order valence-electron chi connectivity index (χ4n) is 7.23. The Balaban J connectivity index is 0.00000448. The molecule has 0 N–H and O–H groups in total. The van der Waals surface area contributed by atoms with Crippen molar-refractivity contribution in [1.29, 1.82) is 0 Å². The number of ether oxygens (including phenoxy) is 1. The second-order valence-corrected chi connectivity index (χ2v) is 14.9. The Morgan fingerprint density at radius 2 is 1.55 bits per heavy atom. The molecule has 0 saturated heterocycles. The van der Waals surface area contributed by atoms with Crippen molar-refractivity contribution in [3.8, 4) is 34.1 Å². The average Bonchev–Trinajstić information content (AvgIpc) is 3.59. The first kappa shape index (κ1) is 36.3. The number of benzene rings is 4. The molecule has 3 heterocycles. The maximum absolute atomic E-state index is 6.71. The van der Waals surface area contributed by atoms with Crippen molar-refractivity contribution in [2.45, 2.75) is 86.5 Å². The van der Waals surface area contributed by atoms with Gasteiger partial charge in [0, 0.05) is 28.8 Å². The topological polar surface area (TPSA) is 44.9 Å². The summed E-state index contributed by atoms with van der Waals surface area (Å²) in [6.07, 6.45) is 3.99. The summed E-state index contributed by atoms with van der Waals surface area (Å²) in [7, 11) is 0. The average molecular weight is 854 g/mol. The molecule has 0 bridgehead atoms. The summed E-state index contributed by atoms with van der Waals surface area (Å²) in [6.45, 7) is 19.9. The molecule has 0 radical (unpaired) electrons. The van der Waals surface area contributed by atoms with Crippen LogP contribution in [0.5, 0.6) is 11.5 Å². The summed E-state index contributed by atoms with van der Waals surface area (Å²) in [5.41, 5.74) is 12.3. The zero-order chi connectivity index (χ0) is 35.3. The van der Waals surface area contributed by atoms with Gasteiger partial charge in [0.25, 0.3) is 0 Å². The molecule has 0 amide bonds. The largest absolute Gasteiger partial charge is 2.00 e. The van der Waals surface area contributed by atoms with E-state index in [-0.39, 0.29) is 32.4 Å². The maximum atomic E-state index is 6.71. The molecule has 0 spiro atoms. The van der Waals surface area contributed by atoms with Crippen molar-refractivity contribution in [1.82, 2.24) is 19.3 Å². The van der Waals surface area contributed by atoms with Gasteiger partial charge in [-0.3, -0.25) is 4.68 Å². The van der Waals surface area contributed by atoms with Crippen molar-refractivity contribution in [3.63, 3.8) is 0 Å². The SMILES string of the molecule is CCCc1ccnc(-n2c3[c-]c(Oc4[c-]c(-n5nc(C)c(-c6c(C)cccc6C)c5C(C)C)cc(C(C)(C)C)c4)ccc3c3ccccc32)c1.[Pt+2]. The molecule has 0 unspecified atom stereocenters. The molecule has 7 aromatic rings. The molecule has 0 aliphatic rings. The second kappa shape index (κ2) is 14.3. The molecule has 0 saturated carbocycles. The molecule has 5 nitrogen and oxygen atoms in total. The van der Waals surface area contributed by atoms with Gasteiger partial charge in [0.15, 0.2) is 0 Å². The molecule has 6 heteroatoms. The van der Waals surface area contributed by atoms with Crippen molar-refractivity contribution >= 4 is 21.8 Å². The Morgan fingerprint density at radius 1 is 0.804 bits per heavy atom. The number of aromatic nitrogens is 4. The predicted octanol–water partition coefficient (Wildman–Crippen LogP) is 11.7. The number of para-hydroxylation sites is 1. The van der Waals surface area contributed by atoms with Gasteiger partial charge < -0.3 is 9.30 Å². The van der Waals surface area contributed by atoms with Crippen molar-refractivity contribution in [2.24, 2.45) is 0 Å². The van der Waals surface area contributed by atoms with Gasteiger partial charge in [-0.25, -0.2) is 4.98 Å². The first-order valence-corrected chi connectivity index (χ1v) is 17.8. The third kappa shape index (κ3) is 6.81. The Labute approximate surface area is 317 Å². The fourth-order valence-corrected chi connectivity index (χ4v) is 7.23. The van der Waals surface area contributed by atoms with Crippen LogP contribution in [0.1, 0.15) is 87.5 Å². The van der Waals surface area contributed by atoms with E-state index in [0.29, 0.717) is 11.5 Å². The first-order valence-electron chi connectivity index (χ1n) is 17.8. The van der Waals surface area contributed by atoms with Gasteiger partial charge in [0.05, 0.1) is 11.4 Å². The van der Waals surface area contributed by atoms with Gasteiger partial charge >= 0.3 is 21.1 Å². The van der Waals surface area contributed by atoms with E-state index in [0.717, 1.165) is 57.4 Å². The van der Waals surface area contributed by atoms with E-state index >= 15 is 0 Å². The summed E-state index contributed by atoms with van der Waals surface area (Å²) in [4.78, 5) is 4.81. The number of fused-ring (bicyclic) bond motifs is 3. The van der Waals surface area contributed by atoms with Crippen LogP contribution in [0.3, 0.4) is 0 Å². The van der Waals surface area contributed by atoms with Crippen LogP contribution in [-0.2, 0) is 32.9 Å². The van der Waals surface area contributed by atoms with Gasteiger partial charge in [-0.1, -0.05) is 89.9 Å². The van der Waals surface area contributed by atoms with Crippen LogP contribution in [0.2, 0.25) is 0 Å². The van der Waals surface area contributed by atoms with Crippen LogP contribution in [0.4, 0.5) is 0 Å². The van der Waals surface area contributed by atoms with Gasteiger partial charge in [0.1, 0.15) is 5.82 Å². The van der Waals surface area contributed by atoms with Crippen LogP contribution in [0, 0.1) is 32.9 Å². The standard InChI is InChI=1S/C45H46N4O.Pt/c1-10-14-32-21-22-46-41(23-32)48-39-18-12-11-17-37(39)38-20-19-35(27-40(38)48)50-36-25-33(45(7,8)9)24-34(26-36)49-44(28(2)3)43(31(6)47-49)42-29(4)15-13-16-30(42)5;/h11-13,15-25,28H,10,14H2,1-9H3;/q-2;+2. The minimum absolute atomic E-state index is 0. The number of pyridine rings is 1. The van der Waals surface area contributed by atoms with Gasteiger partial charge in [-0.2, -0.15) is 11.2 Å². The Bertz CT molecular complexity index is 2350. The van der Waals surface area contributed by atoms with Gasteiger partial charge in [0.2, 0.25) is 0 Å². The van der Waals surface area contributed by atoms with Crippen LogP contribution in [0.25, 0.3) is 44.4 Å². The van der Waals surface area contributed by atoms with E-state index < -0.39 is 0 Å². The molecule has 7 rings (SSSR count). The Kier molecular flexibility index (Phi) is 10.2. The van der Waals surface area contributed by atoms with E-state index in [1.54, 1.807) is 0 Å². The Morgan fingerprint density at radius 3 is 2.25 bits per heavy atom. The zero-order valence-electron chi connectivity index (χ0n) is 31.1. The summed E-state index contributed by atoms with van der Waals surface area (Å²) < 4.78 is 11.0. The van der Waals surface area contributed by atoms with Crippen LogP contribution < -0.4 is 4.74 Å². The first-order chi connectivity index (χ1) is 23.9. The van der Waals surface area contributed by atoms with E-state index in [1.807, 2.05) is 12.3 Å². The number of nitrogens with zero attached hydrogens (tertiary/aromatic N) is 4. The zero-order valence-corrected chi connectivity index (χ0v) is 33.4. The molecular formula is C45H46N4OPt. The smallest absolute Gasteiger partial charge is 0.509 e. The van der Waals surface area contributed by atoms with E-state index in [2.05, 4.69) is 156 Å². The van der Waals surface area contributed by atoms with Crippen LogP contribution in [0.15, 0.2) is 85.1 Å². The normalized spacial score (nSPS) is 11.8. The molecule has 0 fully saturated rings. The van der Waals surface area contributed by atoms with Gasteiger partial charge in [-0.15, -0.1) is 41.3 Å². The summed E-state index contributed by atoms with van der Waals surface area (Å²) in [5.74, 6) is 2.36. The minimum Gasteiger partial charge on any atom is -0.509 e. The molecule has 4 aromatic carbocycles. The molecule has 0 aliphatic heterocycles. The van der Waals surface area contributed by atoms with E-state index in [9.17, 15) is 0 Å². The summed E-state index contributed by atoms with van der Waals surface area (Å²) in [6, 6.07) is 35.0. The number of aryl methyl sites for hydroxylation is 4. The van der Waals surface area contributed by atoms with Crippen molar-refractivity contribution < 1.29 is 25.8 Å². The molecule has 262 valence electrons. The third-order valence-electron chi connectivity index (χ3n) is 9.65. The fraction of sp³-hybridized carbons (Fsp3) is 0.289. The minimum atomic E-state index is -0.132. The number of hydrogen-bond donors (Lipinski definition) is 0. The van der Waals surface area contributed by atoms with Crippen molar-refractivity contribution in [2.75, 3.05) is 0 Å². The van der Waals surface area contributed by atoms with Gasteiger partial charge in [-0.05, 0) is 90.1 Å². The maximum Gasteiger partial charge on any atom is 2.00 e. The molecule has 51 heavy (non-hydrogen) atoms. The van der Waals surface area contributed by atoms with Crippen LogP contribution >= 0.6 is 0 Å². The van der Waals surface area contributed by atoms with E-state index in [1.165, 1.54) is 33.5 Å². The van der Waals surface area contributed by atoms with Crippen LogP contribution in [-0.4, -0.2) is 19.3 Å². The third-order valence-corrected chi connectivity index (χ3v) is 9.65. The molecule has 3 aromatic heterocycles. The summed E-state index contributed by atoms with van der Waals surface area (Å²) in [5, 5.41) is 7.44. The van der Waals surface area contributed by atoms with Crippen molar-refractivity contribution in [3.05, 3.63) is 131 Å². The number of hydrogen-bond acceptors (Lipinski definition) is 3. The number of rotatable bonds is 8. The monoisotopic (exact) mass is 853 g/mol. The predicted molar refractivity (Wildman–Crippen MR) is 206 cm³/mol. The quantitative estimate of drug-likeness (QED) is 0.143.